The molecule has 0 amide bonds. The van der Waals surface area contributed by atoms with Crippen LogP contribution in [-0.2, 0) is 9.59 Å². The fraction of sp³-hybridized carbons (Fsp3) is 0.487. The zero-order valence-corrected chi connectivity index (χ0v) is 56.0. The Kier molecular flexibility index (Phi) is 35.8. The van der Waals surface area contributed by atoms with Crippen molar-refractivity contribution in [1.29, 1.82) is 0 Å². The second-order valence-corrected chi connectivity index (χ2v) is 24.7. The Hall–Kier alpha value is -6.82. The van der Waals surface area contributed by atoms with Gasteiger partial charge in [0.15, 0.2) is 10.2 Å². The number of rotatable bonds is 38. The van der Waals surface area contributed by atoms with Gasteiger partial charge < -0.3 is 28.4 Å². The largest absolute Gasteiger partial charge is 0.492 e. The maximum Gasteiger partial charge on any atom is 0.190 e. The first kappa shape index (κ1) is 71.9. The highest BCUT2D eigenvalue weighted by molar-refractivity contribution is 8.13. The number of hydrogen-bond donors (Lipinski definition) is 0. The molecule has 0 saturated carbocycles. The van der Waals surface area contributed by atoms with E-state index in [0.717, 1.165) is 186 Å². The lowest BCUT2D eigenvalue weighted by atomic mass is 10.0. The molecule has 0 radical (unpaired) electrons. The van der Waals surface area contributed by atoms with Crippen molar-refractivity contribution in [2.75, 3.05) is 39.6 Å². The molecule has 0 unspecified atom stereocenters. The molecule has 0 aliphatic carbocycles. The van der Waals surface area contributed by atoms with Gasteiger partial charge in [0.05, 0.1) is 73.0 Å². The Bertz CT molecular complexity index is 2940. The van der Waals surface area contributed by atoms with Crippen LogP contribution in [0, 0.1) is 47.4 Å². The maximum atomic E-state index is 11.8. The van der Waals surface area contributed by atoms with E-state index in [1.807, 2.05) is 84.9 Å². The summed E-state index contributed by atoms with van der Waals surface area (Å²) >= 11 is 2.42. The molecule has 5 rings (SSSR count). The van der Waals surface area contributed by atoms with Gasteiger partial charge in [0.2, 0.25) is 0 Å². The van der Waals surface area contributed by atoms with Crippen molar-refractivity contribution in [2.24, 2.45) is 0 Å². The minimum absolute atomic E-state index is 0.0409. The molecule has 0 aliphatic heterocycles. The van der Waals surface area contributed by atoms with Crippen LogP contribution in [0.3, 0.4) is 0 Å². The average Bonchev–Trinajstić information content (AvgIpc) is 3.64. The van der Waals surface area contributed by atoms with Crippen LogP contribution in [0.5, 0.6) is 34.5 Å². The molecule has 0 atom stereocenters. The van der Waals surface area contributed by atoms with E-state index in [9.17, 15) is 9.59 Å². The van der Waals surface area contributed by atoms with Crippen LogP contribution >= 0.6 is 23.5 Å². The normalized spacial score (nSPS) is 10.5. The standard InChI is InChI=1S/C78H98O8S2/c1-9-15-21-27-49-81-73-57-67(75(83-51-29-23-17-11-3)55-65(73)39-33-63-35-45-71(46-36-63)87-61(7)79)41-43-69-59-78(86-54-32-26-20-14-6)70(60-77(69)85-53-31-25-19-13-5)44-42-68-58-74(82-50-28-22-16-10-2)66(56-76(68)84-52-30-24-18-12-4)40-34-64-37-47-72(48-38-64)88-62(8)80/h35-38,45-48,55-60H,9-32,49-54H2,1-8H3. The summed E-state index contributed by atoms with van der Waals surface area (Å²) in [5.74, 6) is 31.5. The first-order valence-corrected chi connectivity index (χ1v) is 34.7. The van der Waals surface area contributed by atoms with E-state index in [1.165, 1.54) is 23.5 Å². The number of benzene rings is 5. The van der Waals surface area contributed by atoms with Crippen molar-refractivity contribution in [3.63, 3.8) is 0 Å². The van der Waals surface area contributed by atoms with E-state index in [-0.39, 0.29) is 10.2 Å². The van der Waals surface area contributed by atoms with Gasteiger partial charge in [-0.25, -0.2) is 0 Å². The third kappa shape index (κ3) is 28.1. The van der Waals surface area contributed by atoms with E-state index in [2.05, 4.69) is 88.9 Å². The van der Waals surface area contributed by atoms with Crippen LogP contribution in [0.2, 0.25) is 0 Å². The van der Waals surface area contributed by atoms with Crippen molar-refractivity contribution in [3.8, 4) is 81.9 Å². The summed E-state index contributed by atoms with van der Waals surface area (Å²) in [6.45, 7) is 19.6. The quantitative estimate of drug-likeness (QED) is 0.0216. The van der Waals surface area contributed by atoms with Crippen LogP contribution in [0.15, 0.2) is 94.7 Å². The third-order valence-corrected chi connectivity index (χ3v) is 15.9. The average molecular weight is 1230 g/mol. The fourth-order valence-corrected chi connectivity index (χ4v) is 10.5. The van der Waals surface area contributed by atoms with Gasteiger partial charge in [-0.1, -0.05) is 228 Å². The second kappa shape index (κ2) is 43.8. The zero-order valence-electron chi connectivity index (χ0n) is 54.4. The SMILES string of the molecule is CCCCCCOc1cc(C#Cc2cc(OCCCCCC)c(C#Cc3cc(OCCCCCC)c(C#Cc4ccc(SC(C)=O)cc4)cc3OCCCCCC)cc2OCCCCCC)c(OCCCCCC)cc1C#Cc1ccc(SC(C)=O)cc1. The van der Waals surface area contributed by atoms with Crippen LogP contribution in [0.25, 0.3) is 0 Å². The number of hydrogen-bond acceptors (Lipinski definition) is 10. The van der Waals surface area contributed by atoms with Gasteiger partial charge in [-0.3, -0.25) is 9.59 Å². The molecule has 0 saturated heterocycles. The van der Waals surface area contributed by atoms with Gasteiger partial charge in [-0.05, 0) is 87.1 Å². The minimum Gasteiger partial charge on any atom is -0.492 e. The smallest absolute Gasteiger partial charge is 0.190 e. The molecule has 10 heteroatoms. The Morgan fingerprint density at radius 1 is 0.284 bits per heavy atom. The van der Waals surface area contributed by atoms with E-state index < -0.39 is 0 Å². The summed E-state index contributed by atoms with van der Waals surface area (Å²) in [7, 11) is 0. The lowest BCUT2D eigenvalue weighted by molar-refractivity contribution is -0.109. The van der Waals surface area contributed by atoms with Gasteiger partial charge in [0, 0.05) is 71.2 Å². The lowest BCUT2D eigenvalue weighted by Crippen LogP contribution is -2.04. The minimum atomic E-state index is 0.0409. The summed E-state index contributed by atoms with van der Waals surface area (Å²) in [6.07, 6.45) is 25.4. The Morgan fingerprint density at radius 2 is 0.477 bits per heavy atom. The Labute approximate surface area is 538 Å². The van der Waals surface area contributed by atoms with Crippen molar-refractivity contribution in [3.05, 3.63) is 129 Å². The van der Waals surface area contributed by atoms with Crippen LogP contribution in [0.4, 0.5) is 0 Å². The topological polar surface area (TPSA) is 89.5 Å². The van der Waals surface area contributed by atoms with Crippen LogP contribution in [-0.4, -0.2) is 49.9 Å². The van der Waals surface area contributed by atoms with Gasteiger partial charge in [-0.15, -0.1) is 0 Å². The lowest BCUT2D eigenvalue weighted by Gasteiger charge is -2.15. The van der Waals surface area contributed by atoms with Crippen molar-refractivity contribution >= 4 is 33.8 Å². The fourth-order valence-electron chi connectivity index (χ4n) is 9.34. The molecule has 0 N–H and O–H groups in total. The summed E-state index contributed by atoms with van der Waals surface area (Å²) in [5, 5.41) is 0.0818. The van der Waals surface area contributed by atoms with E-state index in [1.54, 1.807) is 13.8 Å². The molecule has 0 aliphatic rings. The highest BCUT2D eigenvalue weighted by Gasteiger charge is 2.16. The summed E-state index contributed by atoms with van der Waals surface area (Å²) in [5.41, 5.74) is 5.84. The number of carbonyl (C=O) groups is 2. The number of unbranched alkanes of at least 4 members (excludes halogenated alkanes) is 18. The molecule has 0 fully saturated rings. The molecule has 88 heavy (non-hydrogen) atoms. The number of thioether (sulfide) groups is 2. The monoisotopic (exact) mass is 1230 g/mol. The van der Waals surface area contributed by atoms with Crippen molar-refractivity contribution in [2.45, 2.75) is 219 Å². The third-order valence-electron chi connectivity index (χ3n) is 14.4. The molecule has 0 aromatic heterocycles. The molecule has 5 aromatic rings. The summed E-state index contributed by atoms with van der Waals surface area (Å²) < 4.78 is 40.0. The van der Waals surface area contributed by atoms with E-state index >= 15 is 0 Å². The summed E-state index contributed by atoms with van der Waals surface area (Å²) in [6, 6.07) is 27.4. The predicted octanol–water partition coefficient (Wildman–Crippen LogP) is 20.3. The Balaban J connectivity index is 1.70. The van der Waals surface area contributed by atoms with Crippen molar-refractivity contribution in [1.82, 2.24) is 0 Å². The second-order valence-electron chi connectivity index (χ2n) is 22.2. The Morgan fingerprint density at radius 3 is 0.659 bits per heavy atom. The molecular formula is C78H98O8S2. The van der Waals surface area contributed by atoms with E-state index in [0.29, 0.717) is 96.4 Å². The number of carbonyl (C=O) groups excluding carboxylic acids is 2. The van der Waals surface area contributed by atoms with Crippen LogP contribution in [0.1, 0.15) is 254 Å². The zero-order chi connectivity index (χ0) is 62.8. The maximum absolute atomic E-state index is 11.8. The first-order valence-electron chi connectivity index (χ1n) is 33.0. The van der Waals surface area contributed by atoms with Gasteiger partial charge in [0.25, 0.3) is 0 Å². The molecule has 0 heterocycles. The number of ether oxygens (including phenoxy) is 6. The summed E-state index contributed by atoms with van der Waals surface area (Å²) in [4.78, 5) is 25.4. The highest BCUT2D eigenvalue weighted by Crippen LogP contribution is 2.34. The molecule has 0 bridgehead atoms. The molecule has 5 aromatic carbocycles. The van der Waals surface area contributed by atoms with Gasteiger partial charge >= 0.3 is 0 Å². The molecule has 470 valence electrons. The molecule has 0 spiro atoms. The van der Waals surface area contributed by atoms with Crippen LogP contribution < -0.4 is 28.4 Å². The van der Waals surface area contributed by atoms with E-state index in [4.69, 9.17) is 28.4 Å². The first-order chi connectivity index (χ1) is 43.1. The van der Waals surface area contributed by atoms with Gasteiger partial charge in [-0.2, -0.15) is 0 Å². The highest BCUT2D eigenvalue weighted by atomic mass is 32.2. The van der Waals surface area contributed by atoms with Crippen molar-refractivity contribution < 1.29 is 38.0 Å². The van der Waals surface area contributed by atoms with Gasteiger partial charge in [0.1, 0.15) is 34.5 Å². The molecular weight excluding hydrogens is 1130 g/mol. The molecule has 8 nitrogen and oxygen atoms in total. The predicted molar refractivity (Wildman–Crippen MR) is 367 cm³/mol.